The van der Waals surface area contributed by atoms with E-state index in [9.17, 15) is 4.79 Å². The molecule has 7 heteroatoms. The molecular formula is C19H25N3O4. The first-order valence-corrected chi connectivity index (χ1v) is 8.36. The van der Waals surface area contributed by atoms with Crippen molar-refractivity contribution >= 4 is 17.4 Å². The fourth-order valence-electron chi connectivity index (χ4n) is 2.37. The van der Waals surface area contributed by atoms with E-state index in [4.69, 9.17) is 14.2 Å². The average molecular weight is 359 g/mol. The van der Waals surface area contributed by atoms with Gasteiger partial charge in [-0.05, 0) is 36.2 Å². The van der Waals surface area contributed by atoms with E-state index in [-0.39, 0.29) is 5.91 Å². The van der Waals surface area contributed by atoms with Crippen molar-refractivity contribution in [1.82, 2.24) is 4.98 Å². The molecule has 26 heavy (non-hydrogen) atoms. The lowest BCUT2D eigenvalue weighted by Crippen LogP contribution is -2.13. The largest absolute Gasteiger partial charge is 0.493 e. The van der Waals surface area contributed by atoms with Crippen LogP contribution >= 0.6 is 0 Å². The molecule has 0 aliphatic heterocycles. The van der Waals surface area contributed by atoms with Crippen LogP contribution in [-0.2, 0) is 16.0 Å². The van der Waals surface area contributed by atoms with E-state index in [1.165, 1.54) is 0 Å². The molecule has 0 aliphatic carbocycles. The van der Waals surface area contributed by atoms with Gasteiger partial charge in [-0.25, -0.2) is 4.98 Å². The lowest BCUT2D eigenvalue weighted by Gasteiger charge is -2.10. The molecular weight excluding hydrogens is 334 g/mol. The number of hydrogen-bond donors (Lipinski definition) is 2. The number of aryl methyl sites for hydroxylation is 1. The van der Waals surface area contributed by atoms with E-state index < -0.39 is 0 Å². The van der Waals surface area contributed by atoms with Crippen molar-refractivity contribution < 1.29 is 19.0 Å². The quantitative estimate of drug-likeness (QED) is 0.635. The molecule has 2 aromatic rings. The zero-order valence-corrected chi connectivity index (χ0v) is 15.4. The van der Waals surface area contributed by atoms with Gasteiger partial charge in [-0.1, -0.05) is 6.07 Å². The Kier molecular flexibility index (Phi) is 7.70. The highest BCUT2D eigenvalue weighted by atomic mass is 16.5. The van der Waals surface area contributed by atoms with E-state index in [1.54, 1.807) is 33.6 Å². The molecule has 2 rings (SSSR count). The lowest BCUT2D eigenvalue weighted by atomic mass is 10.1. The molecule has 0 aliphatic rings. The number of nitrogens with one attached hydrogen (secondary N) is 2. The summed E-state index contributed by atoms with van der Waals surface area (Å²) in [7, 11) is 4.84. The monoisotopic (exact) mass is 359 g/mol. The summed E-state index contributed by atoms with van der Waals surface area (Å²) in [4.78, 5) is 16.4. The molecule has 0 saturated carbocycles. The minimum atomic E-state index is -0.0904. The van der Waals surface area contributed by atoms with Crippen LogP contribution in [0.15, 0.2) is 36.5 Å². The third-order valence-electron chi connectivity index (χ3n) is 3.75. The van der Waals surface area contributed by atoms with Gasteiger partial charge >= 0.3 is 0 Å². The first-order valence-electron chi connectivity index (χ1n) is 8.36. The number of nitrogens with zero attached hydrogens (tertiary/aromatic N) is 1. The number of methoxy groups -OCH3 is 3. The van der Waals surface area contributed by atoms with Crippen LogP contribution in [0.2, 0.25) is 0 Å². The van der Waals surface area contributed by atoms with Crippen molar-refractivity contribution in [2.75, 3.05) is 45.1 Å². The van der Waals surface area contributed by atoms with E-state index in [0.29, 0.717) is 43.3 Å². The second-order valence-electron chi connectivity index (χ2n) is 5.59. The number of pyridine rings is 1. The topological polar surface area (TPSA) is 81.7 Å². The maximum atomic E-state index is 12.1. The van der Waals surface area contributed by atoms with E-state index >= 15 is 0 Å². The number of aromatic nitrogens is 1. The summed E-state index contributed by atoms with van der Waals surface area (Å²) < 4.78 is 15.5. The molecule has 0 spiro atoms. The van der Waals surface area contributed by atoms with Crippen molar-refractivity contribution in [3.05, 3.63) is 42.1 Å². The number of hydrogen-bond acceptors (Lipinski definition) is 6. The van der Waals surface area contributed by atoms with Crippen LogP contribution in [0.25, 0.3) is 0 Å². The molecule has 1 aromatic heterocycles. The van der Waals surface area contributed by atoms with Crippen molar-refractivity contribution in [1.29, 1.82) is 0 Å². The standard InChI is InChI=1S/C19H25N3O4/c1-24-11-10-20-15-6-8-18(21-13-15)22-19(23)9-5-14-4-7-16(25-2)17(12-14)26-3/h4,6-8,12-13,20H,5,9-11H2,1-3H3,(H,21,22,23). The van der Waals surface area contributed by atoms with Gasteiger partial charge in [-0.15, -0.1) is 0 Å². The fraction of sp³-hybridized carbons (Fsp3) is 0.368. The lowest BCUT2D eigenvalue weighted by molar-refractivity contribution is -0.116. The van der Waals surface area contributed by atoms with Crippen LogP contribution in [0, 0.1) is 0 Å². The number of rotatable bonds is 10. The Bertz CT molecular complexity index is 704. The molecule has 0 radical (unpaired) electrons. The predicted octanol–water partition coefficient (Wildman–Crippen LogP) is 2.73. The fourth-order valence-corrected chi connectivity index (χ4v) is 2.37. The molecule has 0 fully saturated rings. The Hall–Kier alpha value is -2.80. The zero-order chi connectivity index (χ0) is 18.8. The maximum Gasteiger partial charge on any atom is 0.225 e. The van der Waals surface area contributed by atoms with Gasteiger partial charge in [0.25, 0.3) is 0 Å². The van der Waals surface area contributed by atoms with Gasteiger partial charge in [0.2, 0.25) is 5.91 Å². The van der Waals surface area contributed by atoms with E-state index in [2.05, 4.69) is 15.6 Å². The Morgan fingerprint density at radius 3 is 2.54 bits per heavy atom. The molecule has 2 N–H and O–H groups in total. The predicted molar refractivity (Wildman–Crippen MR) is 101 cm³/mol. The Morgan fingerprint density at radius 2 is 1.88 bits per heavy atom. The van der Waals surface area contributed by atoms with Gasteiger partial charge in [0.05, 0.1) is 32.7 Å². The Labute approximate surface area is 153 Å². The van der Waals surface area contributed by atoms with Crippen LogP contribution < -0.4 is 20.1 Å². The van der Waals surface area contributed by atoms with Gasteiger partial charge in [0, 0.05) is 20.1 Å². The minimum Gasteiger partial charge on any atom is -0.493 e. The Balaban J connectivity index is 1.83. The summed E-state index contributed by atoms with van der Waals surface area (Å²) in [5, 5.41) is 5.97. The van der Waals surface area contributed by atoms with Crippen molar-refractivity contribution in [3.8, 4) is 11.5 Å². The molecule has 1 amide bonds. The number of amides is 1. The molecule has 0 saturated heterocycles. The summed E-state index contributed by atoms with van der Waals surface area (Å²) in [5.74, 6) is 1.76. The van der Waals surface area contributed by atoms with Crippen LogP contribution in [0.4, 0.5) is 11.5 Å². The molecule has 0 unspecified atom stereocenters. The highest BCUT2D eigenvalue weighted by Gasteiger charge is 2.08. The highest BCUT2D eigenvalue weighted by molar-refractivity contribution is 5.89. The third kappa shape index (κ3) is 5.93. The summed E-state index contributed by atoms with van der Waals surface area (Å²) in [6.07, 6.45) is 2.63. The Morgan fingerprint density at radius 1 is 1.08 bits per heavy atom. The third-order valence-corrected chi connectivity index (χ3v) is 3.75. The molecule has 140 valence electrons. The van der Waals surface area contributed by atoms with Gasteiger partial charge in [-0.2, -0.15) is 0 Å². The second-order valence-corrected chi connectivity index (χ2v) is 5.59. The van der Waals surface area contributed by atoms with Crippen LogP contribution in [-0.4, -0.2) is 45.4 Å². The maximum absolute atomic E-state index is 12.1. The molecule has 0 atom stereocenters. The smallest absolute Gasteiger partial charge is 0.225 e. The number of carbonyl (C=O) groups excluding carboxylic acids is 1. The van der Waals surface area contributed by atoms with Gasteiger partial charge in [-0.3, -0.25) is 4.79 Å². The zero-order valence-electron chi connectivity index (χ0n) is 15.4. The molecule has 1 heterocycles. The first kappa shape index (κ1) is 19.5. The van der Waals surface area contributed by atoms with E-state index in [0.717, 1.165) is 11.3 Å². The second kappa shape index (κ2) is 10.2. The van der Waals surface area contributed by atoms with Crippen LogP contribution in [0.1, 0.15) is 12.0 Å². The molecule has 1 aromatic carbocycles. The van der Waals surface area contributed by atoms with Crippen molar-refractivity contribution in [2.45, 2.75) is 12.8 Å². The SMILES string of the molecule is COCCNc1ccc(NC(=O)CCc2ccc(OC)c(OC)c2)nc1. The summed E-state index contributed by atoms with van der Waals surface area (Å²) in [6.45, 7) is 1.32. The van der Waals surface area contributed by atoms with E-state index in [1.807, 2.05) is 24.3 Å². The number of ether oxygens (including phenoxy) is 3. The number of benzene rings is 1. The van der Waals surface area contributed by atoms with Gasteiger partial charge in [0.1, 0.15) is 5.82 Å². The number of carbonyl (C=O) groups is 1. The normalized spacial score (nSPS) is 10.3. The first-order chi connectivity index (χ1) is 12.7. The summed E-state index contributed by atoms with van der Waals surface area (Å²) in [5.41, 5.74) is 1.88. The van der Waals surface area contributed by atoms with Crippen molar-refractivity contribution in [3.63, 3.8) is 0 Å². The molecule has 0 bridgehead atoms. The molecule has 7 nitrogen and oxygen atoms in total. The van der Waals surface area contributed by atoms with Gasteiger partial charge < -0.3 is 24.8 Å². The summed E-state index contributed by atoms with van der Waals surface area (Å²) in [6, 6.07) is 9.27. The minimum absolute atomic E-state index is 0.0904. The summed E-state index contributed by atoms with van der Waals surface area (Å²) >= 11 is 0. The van der Waals surface area contributed by atoms with Gasteiger partial charge in [0.15, 0.2) is 11.5 Å². The average Bonchev–Trinajstić information content (AvgIpc) is 2.67. The van der Waals surface area contributed by atoms with Crippen LogP contribution in [0.3, 0.4) is 0 Å². The van der Waals surface area contributed by atoms with Crippen LogP contribution in [0.5, 0.6) is 11.5 Å². The highest BCUT2D eigenvalue weighted by Crippen LogP contribution is 2.28. The van der Waals surface area contributed by atoms with Crippen molar-refractivity contribution in [2.24, 2.45) is 0 Å². The number of anilines is 2.